The van der Waals surface area contributed by atoms with Crippen molar-refractivity contribution in [1.82, 2.24) is 9.62 Å². The van der Waals surface area contributed by atoms with Crippen molar-refractivity contribution in [2.75, 3.05) is 39.5 Å². The van der Waals surface area contributed by atoms with Crippen LogP contribution in [-0.4, -0.2) is 58.3 Å². The number of ether oxygens (including phenoxy) is 2. The molecule has 4 rings (SSSR count). The molecule has 1 aromatic carbocycles. The Morgan fingerprint density at radius 3 is 2.62 bits per heavy atom. The molecule has 0 aromatic heterocycles. The first-order valence-electron chi connectivity index (χ1n) is 9.67. The van der Waals surface area contributed by atoms with E-state index in [0.29, 0.717) is 18.0 Å². The standard InChI is InChI=1S/C19H28N2O4S/c22-26(23,17-4-5-18-16(14-17)6-11-25-18)20-15-19(7-2-1-3-8-19)21-9-12-24-13-10-21/h4-5,14,20H,1-3,6-13,15H2. The van der Waals surface area contributed by atoms with Crippen LogP contribution in [0.3, 0.4) is 0 Å². The van der Waals surface area contributed by atoms with Gasteiger partial charge in [0.25, 0.3) is 0 Å². The van der Waals surface area contributed by atoms with Crippen molar-refractivity contribution in [2.45, 2.75) is 49.0 Å². The van der Waals surface area contributed by atoms with Gasteiger partial charge in [-0.3, -0.25) is 4.90 Å². The van der Waals surface area contributed by atoms with Gasteiger partial charge in [-0.2, -0.15) is 0 Å². The lowest BCUT2D eigenvalue weighted by Crippen LogP contribution is -2.59. The Kier molecular flexibility index (Phi) is 5.23. The maximum Gasteiger partial charge on any atom is 0.240 e. The number of rotatable bonds is 5. The van der Waals surface area contributed by atoms with Gasteiger partial charge in [-0.1, -0.05) is 19.3 Å². The van der Waals surface area contributed by atoms with E-state index in [0.717, 1.165) is 69.7 Å². The molecule has 3 aliphatic rings. The van der Waals surface area contributed by atoms with Crippen LogP contribution in [0.15, 0.2) is 23.1 Å². The van der Waals surface area contributed by atoms with Crippen molar-refractivity contribution in [3.63, 3.8) is 0 Å². The molecule has 1 saturated carbocycles. The zero-order chi connectivity index (χ0) is 18.0. The lowest BCUT2D eigenvalue weighted by molar-refractivity contribution is -0.0348. The summed E-state index contributed by atoms with van der Waals surface area (Å²) in [5.74, 6) is 0.806. The van der Waals surface area contributed by atoms with Gasteiger partial charge in [0.05, 0.1) is 24.7 Å². The highest BCUT2D eigenvalue weighted by atomic mass is 32.2. The van der Waals surface area contributed by atoms with Gasteiger partial charge in [-0.15, -0.1) is 0 Å². The van der Waals surface area contributed by atoms with Crippen molar-refractivity contribution >= 4 is 10.0 Å². The van der Waals surface area contributed by atoms with Crippen molar-refractivity contribution < 1.29 is 17.9 Å². The fourth-order valence-corrected chi connectivity index (χ4v) is 5.67. The normalized spacial score (nSPS) is 23.4. The molecule has 0 spiro atoms. The molecular formula is C19H28N2O4S. The van der Waals surface area contributed by atoms with Crippen molar-refractivity contribution in [1.29, 1.82) is 0 Å². The number of fused-ring (bicyclic) bond motifs is 1. The Hall–Kier alpha value is -1.15. The van der Waals surface area contributed by atoms with Gasteiger partial charge in [0.15, 0.2) is 0 Å². The molecule has 2 heterocycles. The summed E-state index contributed by atoms with van der Waals surface area (Å²) in [7, 11) is -3.52. The summed E-state index contributed by atoms with van der Waals surface area (Å²) in [4.78, 5) is 2.80. The summed E-state index contributed by atoms with van der Waals surface area (Å²) in [6.07, 6.45) is 6.44. The monoisotopic (exact) mass is 380 g/mol. The molecule has 26 heavy (non-hydrogen) atoms. The second kappa shape index (κ2) is 7.46. The van der Waals surface area contributed by atoms with Crippen LogP contribution in [0.1, 0.15) is 37.7 Å². The van der Waals surface area contributed by atoms with Crippen LogP contribution >= 0.6 is 0 Å². The van der Waals surface area contributed by atoms with Crippen LogP contribution < -0.4 is 9.46 Å². The summed E-state index contributed by atoms with van der Waals surface area (Å²) in [6, 6.07) is 5.18. The Morgan fingerprint density at radius 1 is 1.08 bits per heavy atom. The third-order valence-electron chi connectivity index (χ3n) is 6.03. The lowest BCUT2D eigenvalue weighted by Gasteiger charge is -2.48. The van der Waals surface area contributed by atoms with Gasteiger partial charge in [0, 0.05) is 31.6 Å². The Bertz CT molecular complexity index is 738. The third kappa shape index (κ3) is 3.63. The number of benzene rings is 1. The molecular weight excluding hydrogens is 352 g/mol. The minimum atomic E-state index is -3.52. The number of nitrogens with zero attached hydrogens (tertiary/aromatic N) is 1. The van der Waals surface area contributed by atoms with Crippen LogP contribution in [-0.2, 0) is 21.2 Å². The molecule has 1 aliphatic carbocycles. The molecule has 0 unspecified atom stereocenters. The van der Waals surface area contributed by atoms with Crippen molar-refractivity contribution in [3.8, 4) is 5.75 Å². The lowest BCUT2D eigenvalue weighted by atomic mass is 9.80. The molecule has 2 fully saturated rings. The van der Waals surface area contributed by atoms with E-state index in [9.17, 15) is 8.42 Å². The molecule has 0 radical (unpaired) electrons. The first-order valence-corrected chi connectivity index (χ1v) is 11.2. The number of hydrogen-bond acceptors (Lipinski definition) is 5. The minimum absolute atomic E-state index is 0.0745. The highest BCUT2D eigenvalue weighted by Crippen LogP contribution is 2.34. The third-order valence-corrected chi connectivity index (χ3v) is 7.43. The Morgan fingerprint density at radius 2 is 1.85 bits per heavy atom. The zero-order valence-corrected chi connectivity index (χ0v) is 16.0. The molecule has 6 nitrogen and oxygen atoms in total. The van der Waals surface area contributed by atoms with Crippen molar-refractivity contribution in [3.05, 3.63) is 23.8 Å². The molecule has 2 aliphatic heterocycles. The second-order valence-corrected chi connectivity index (χ2v) is 9.34. The quantitative estimate of drug-likeness (QED) is 0.845. The van der Waals surface area contributed by atoms with Crippen LogP contribution in [0.5, 0.6) is 5.75 Å². The van der Waals surface area contributed by atoms with Gasteiger partial charge >= 0.3 is 0 Å². The SMILES string of the molecule is O=S(=O)(NCC1(N2CCOCC2)CCCCC1)c1ccc2c(c1)CCO2. The molecule has 1 aromatic rings. The van der Waals surface area contributed by atoms with Gasteiger partial charge in [0.1, 0.15) is 5.75 Å². The van der Waals surface area contributed by atoms with E-state index in [-0.39, 0.29) is 5.54 Å². The largest absolute Gasteiger partial charge is 0.493 e. The maximum atomic E-state index is 12.9. The predicted molar refractivity (Wildman–Crippen MR) is 99.0 cm³/mol. The fraction of sp³-hybridized carbons (Fsp3) is 0.684. The number of morpholine rings is 1. The first-order chi connectivity index (χ1) is 12.6. The van der Waals surface area contributed by atoms with E-state index in [1.807, 2.05) is 0 Å². The fourth-order valence-electron chi connectivity index (χ4n) is 4.50. The maximum absolute atomic E-state index is 12.9. The number of nitrogens with one attached hydrogen (secondary N) is 1. The summed E-state index contributed by atoms with van der Waals surface area (Å²) < 4.78 is 39.7. The predicted octanol–water partition coefficient (Wildman–Crippen LogP) is 1.93. The van der Waals surface area contributed by atoms with E-state index >= 15 is 0 Å². The summed E-state index contributed by atoms with van der Waals surface area (Å²) in [6.45, 7) is 4.35. The van der Waals surface area contributed by atoms with Gasteiger partial charge in [0.2, 0.25) is 10.0 Å². The first kappa shape index (κ1) is 18.2. The van der Waals surface area contributed by atoms with Crippen LogP contribution in [0, 0.1) is 0 Å². The molecule has 0 amide bonds. The topological polar surface area (TPSA) is 67.9 Å². The average Bonchev–Trinajstić information content (AvgIpc) is 3.16. The van der Waals surface area contributed by atoms with E-state index in [4.69, 9.17) is 9.47 Å². The van der Waals surface area contributed by atoms with Gasteiger partial charge in [-0.25, -0.2) is 13.1 Å². The molecule has 7 heteroatoms. The van der Waals surface area contributed by atoms with Gasteiger partial charge in [-0.05, 0) is 36.6 Å². The number of sulfonamides is 1. The highest BCUT2D eigenvalue weighted by Gasteiger charge is 2.39. The number of hydrogen-bond donors (Lipinski definition) is 1. The molecule has 1 N–H and O–H groups in total. The molecule has 0 bridgehead atoms. The second-order valence-electron chi connectivity index (χ2n) is 7.58. The summed E-state index contributed by atoms with van der Waals surface area (Å²) >= 11 is 0. The van der Waals surface area contributed by atoms with E-state index < -0.39 is 10.0 Å². The van der Waals surface area contributed by atoms with E-state index in [2.05, 4.69) is 9.62 Å². The summed E-state index contributed by atoms with van der Waals surface area (Å²) in [5, 5.41) is 0. The molecule has 144 valence electrons. The summed E-state index contributed by atoms with van der Waals surface area (Å²) in [5.41, 5.74) is 0.906. The van der Waals surface area contributed by atoms with E-state index in [1.54, 1.807) is 18.2 Å². The highest BCUT2D eigenvalue weighted by molar-refractivity contribution is 7.89. The zero-order valence-electron chi connectivity index (χ0n) is 15.2. The van der Waals surface area contributed by atoms with Crippen LogP contribution in [0.25, 0.3) is 0 Å². The molecule has 1 saturated heterocycles. The Labute approximate surface area is 155 Å². The minimum Gasteiger partial charge on any atom is -0.493 e. The van der Waals surface area contributed by atoms with Crippen LogP contribution in [0.4, 0.5) is 0 Å². The Balaban J connectivity index is 1.51. The van der Waals surface area contributed by atoms with E-state index in [1.165, 1.54) is 6.42 Å². The van der Waals surface area contributed by atoms with Gasteiger partial charge < -0.3 is 9.47 Å². The van der Waals surface area contributed by atoms with Crippen LogP contribution in [0.2, 0.25) is 0 Å². The molecule has 0 atom stereocenters. The smallest absolute Gasteiger partial charge is 0.240 e. The van der Waals surface area contributed by atoms with Crippen molar-refractivity contribution in [2.24, 2.45) is 0 Å². The average molecular weight is 381 g/mol.